The molecule has 0 spiro atoms. The summed E-state index contributed by atoms with van der Waals surface area (Å²) in [5.74, 6) is 0.249. The molecule has 0 aliphatic rings. The van der Waals surface area contributed by atoms with Crippen LogP contribution in [0, 0.1) is 0 Å². The molecule has 1 amide bonds. The van der Waals surface area contributed by atoms with Crippen molar-refractivity contribution in [2.75, 3.05) is 13.2 Å². The molecule has 2 aromatic rings. The molecule has 2 N–H and O–H groups in total. The van der Waals surface area contributed by atoms with Crippen molar-refractivity contribution in [3.8, 4) is 5.75 Å². The monoisotopic (exact) mass is 330 g/mol. The molecule has 0 unspecified atom stereocenters. The van der Waals surface area contributed by atoms with E-state index in [2.05, 4.69) is 10.5 Å². The number of hydrogen-bond acceptors (Lipinski definition) is 5. The lowest BCUT2D eigenvalue weighted by Gasteiger charge is -2.07. The van der Waals surface area contributed by atoms with Crippen molar-refractivity contribution in [2.24, 2.45) is 0 Å². The van der Waals surface area contributed by atoms with Crippen molar-refractivity contribution >= 4 is 29.1 Å². The zero-order valence-corrected chi connectivity index (χ0v) is 12.3. The number of aromatic nitrogens is 1. The molecule has 1 heterocycles. The number of ether oxygens (including phenoxy) is 1. The number of para-hydroxylation sites is 1. The van der Waals surface area contributed by atoms with Crippen LogP contribution in [0.4, 0.5) is 0 Å². The molecule has 8 heteroatoms. The molecule has 0 fully saturated rings. The lowest BCUT2D eigenvalue weighted by atomic mass is 10.3. The molecule has 1 aromatic heterocycles. The molecule has 0 saturated carbocycles. The van der Waals surface area contributed by atoms with E-state index in [4.69, 9.17) is 37.6 Å². The lowest BCUT2D eigenvalue weighted by Crippen LogP contribution is -2.26. The van der Waals surface area contributed by atoms with E-state index >= 15 is 0 Å². The predicted octanol–water partition coefficient (Wildman–Crippen LogP) is 2.28. The van der Waals surface area contributed by atoms with Gasteiger partial charge in [-0.25, -0.2) is 0 Å². The highest BCUT2D eigenvalue weighted by Crippen LogP contribution is 2.32. The van der Waals surface area contributed by atoms with Gasteiger partial charge in [-0.1, -0.05) is 34.4 Å². The summed E-state index contributed by atoms with van der Waals surface area (Å²) < 4.78 is 10.4. The second-order valence-electron chi connectivity index (χ2n) is 4.00. The quantitative estimate of drug-likeness (QED) is 0.848. The Morgan fingerprint density at radius 1 is 1.38 bits per heavy atom. The summed E-state index contributed by atoms with van der Waals surface area (Å²) in [6.07, 6.45) is 0. The molecule has 112 valence electrons. The number of nitrogens with zero attached hydrogens (tertiary/aromatic N) is 1. The first-order valence-corrected chi connectivity index (χ1v) is 6.79. The number of amides is 1. The Balaban J connectivity index is 1.98. The van der Waals surface area contributed by atoms with Crippen molar-refractivity contribution in [3.63, 3.8) is 0 Å². The minimum absolute atomic E-state index is 0.0315. The number of carbonyl (C=O) groups excluding carboxylic acids is 1. The largest absolute Gasteiger partial charge is 0.482 e. The average Bonchev–Trinajstić information content (AvgIpc) is 2.93. The first-order chi connectivity index (χ1) is 10.1. The van der Waals surface area contributed by atoms with Crippen LogP contribution in [0.2, 0.25) is 10.0 Å². The molecule has 0 aliphatic carbocycles. The van der Waals surface area contributed by atoms with Crippen LogP contribution in [0.25, 0.3) is 0 Å². The molecule has 0 saturated heterocycles. The van der Waals surface area contributed by atoms with Crippen molar-refractivity contribution in [1.82, 2.24) is 10.5 Å². The van der Waals surface area contributed by atoms with E-state index in [1.165, 1.54) is 6.07 Å². The smallest absolute Gasteiger partial charge is 0.273 e. The first-order valence-electron chi connectivity index (χ1n) is 6.03. The van der Waals surface area contributed by atoms with Gasteiger partial charge in [0.1, 0.15) is 6.61 Å². The second-order valence-corrected chi connectivity index (χ2v) is 4.81. The van der Waals surface area contributed by atoms with Crippen LogP contribution in [0.3, 0.4) is 0 Å². The van der Waals surface area contributed by atoms with Crippen LogP contribution < -0.4 is 10.1 Å². The normalized spacial score (nSPS) is 10.4. The molecule has 0 radical (unpaired) electrons. The van der Waals surface area contributed by atoms with Gasteiger partial charge >= 0.3 is 0 Å². The maximum atomic E-state index is 11.6. The Hall–Kier alpha value is -1.76. The maximum absolute atomic E-state index is 11.6. The number of hydrogen-bond donors (Lipinski definition) is 2. The number of benzene rings is 1. The van der Waals surface area contributed by atoms with E-state index in [0.29, 0.717) is 21.6 Å². The molecule has 6 nitrogen and oxygen atoms in total. The Morgan fingerprint density at radius 2 is 2.10 bits per heavy atom. The average molecular weight is 331 g/mol. The van der Waals surface area contributed by atoms with Gasteiger partial charge in [0.15, 0.2) is 17.2 Å². The summed E-state index contributed by atoms with van der Waals surface area (Å²) in [4.78, 5) is 11.6. The van der Waals surface area contributed by atoms with Crippen LogP contribution in [0.1, 0.15) is 16.2 Å². The minimum atomic E-state index is -0.435. The fraction of sp³-hybridized carbons (Fsp3) is 0.231. The molecule has 1 aromatic carbocycles. The van der Waals surface area contributed by atoms with E-state index in [0.717, 1.165) is 0 Å². The molecule has 0 aliphatic heterocycles. The van der Waals surface area contributed by atoms with E-state index in [1.54, 1.807) is 18.2 Å². The van der Waals surface area contributed by atoms with Crippen LogP contribution in [-0.4, -0.2) is 29.3 Å². The standard InChI is InChI=1S/C13H12Cl2N2O4/c14-9-2-1-3-10(15)12(9)20-7-8-6-11(17-21-8)13(19)16-4-5-18/h1-3,6,18H,4-5,7H2,(H,16,19). The summed E-state index contributed by atoms with van der Waals surface area (Å²) in [5, 5.41) is 15.5. The number of rotatable bonds is 6. The number of aliphatic hydroxyl groups is 1. The van der Waals surface area contributed by atoms with Gasteiger partial charge in [-0.05, 0) is 12.1 Å². The summed E-state index contributed by atoms with van der Waals surface area (Å²) in [6.45, 7) is 0.0288. The zero-order valence-electron chi connectivity index (χ0n) is 10.8. The van der Waals surface area contributed by atoms with E-state index < -0.39 is 5.91 Å². The number of halogens is 2. The summed E-state index contributed by atoms with van der Waals surface area (Å²) in [7, 11) is 0. The van der Waals surface area contributed by atoms with Crippen molar-refractivity contribution in [2.45, 2.75) is 6.61 Å². The highest BCUT2D eigenvalue weighted by Gasteiger charge is 2.13. The predicted molar refractivity (Wildman–Crippen MR) is 76.7 cm³/mol. The van der Waals surface area contributed by atoms with Gasteiger partial charge in [-0.3, -0.25) is 4.79 Å². The van der Waals surface area contributed by atoms with Gasteiger partial charge in [-0.2, -0.15) is 0 Å². The van der Waals surface area contributed by atoms with Gasteiger partial charge in [0.25, 0.3) is 5.91 Å². The van der Waals surface area contributed by atoms with Crippen molar-refractivity contribution < 1.29 is 19.2 Å². The fourth-order valence-corrected chi connectivity index (χ4v) is 2.02. The molecular weight excluding hydrogens is 319 g/mol. The summed E-state index contributed by atoms with van der Waals surface area (Å²) >= 11 is 11.9. The number of carbonyl (C=O) groups is 1. The minimum Gasteiger partial charge on any atom is -0.482 e. The Labute approximate surface area is 130 Å². The van der Waals surface area contributed by atoms with Gasteiger partial charge in [0.05, 0.1) is 16.7 Å². The third-order valence-electron chi connectivity index (χ3n) is 2.47. The van der Waals surface area contributed by atoms with Crippen LogP contribution in [-0.2, 0) is 6.61 Å². The SMILES string of the molecule is O=C(NCCO)c1cc(COc2c(Cl)cccc2Cl)on1. The van der Waals surface area contributed by atoms with Crippen LogP contribution >= 0.6 is 23.2 Å². The van der Waals surface area contributed by atoms with E-state index in [1.807, 2.05) is 0 Å². The van der Waals surface area contributed by atoms with Crippen LogP contribution in [0.5, 0.6) is 5.75 Å². The third-order valence-corrected chi connectivity index (χ3v) is 3.06. The van der Waals surface area contributed by atoms with Gasteiger partial charge in [0, 0.05) is 12.6 Å². The summed E-state index contributed by atoms with van der Waals surface area (Å²) in [6, 6.07) is 6.45. The zero-order chi connectivity index (χ0) is 15.2. The molecule has 2 rings (SSSR count). The second kappa shape index (κ2) is 7.31. The Bertz CT molecular complexity index is 610. The highest BCUT2D eigenvalue weighted by molar-refractivity contribution is 6.37. The lowest BCUT2D eigenvalue weighted by molar-refractivity contribution is 0.0935. The van der Waals surface area contributed by atoms with Crippen molar-refractivity contribution in [3.05, 3.63) is 45.8 Å². The first kappa shape index (κ1) is 15.6. The Kier molecular flexibility index (Phi) is 5.44. The number of aliphatic hydroxyl groups excluding tert-OH is 1. The van der Waals surface area contributed by atoms with Gasteiger partial charge in [0.2, 0.25) is 0 Å². The molecule has 0 atom stereocenters. The fourth-order valence-electron chi connectivity index (χ4n) is 1.51. The van der Waals surface area contributed by atoms with Crippen molar-refractivity contribution in [1.29, 1.82) is 0 Å². The van der Waals surface area contributed by atoms with E-state index in [9.17, 15) is 4.79 Å². The molecule has 0 bridgehead atoms. The maximum Gasteiger partial charge on any atom is 0.273 e. The molecule has 21 heavy (non-hydrogen) atoms. The topological polar surface area (TPSA) is 84.6 Å². The van der Waals surface area contributed by atoms with Crippen LogP contribution in [0.15, 0.2) is 28.8 Å². The molecular formula is C13H12Cl2N2O4. The van der Waals surface area contributed by atoms with E-state index in [-0.39, 0.29) is 25.5 Å². The van der Waals surface area contributed by atoms with Gasteiger partial charge in [-0.15, -0.1) is 0 Å². The van der Waals surface area contributed by atoms with Gasteiger partial charge < -0.3 is 19.7 Å². The highest BCUT2D eigenvalue weighted by atomic mass is 35.5. The third kappa shape index (κ3) is 4.10. The Morgan fingerprint density at radius 3 is 2.76 bits per heavy atom. The summed E-state index contributed by atoms with van der Waals surface area (Å²) in [5.41, 5.74) is 0.104. The number of nitrogens with one attached hydrogen (secondary N) is 1.